The fraction of sp³-hybridized carbons (Fsp3) is 0. The van der Waals surface area contributed by atoms with Gasteiger partial charge in [-0.1, -0.05) is 109 Å². The summed E-state index contributed by atoms with van der Waals surface area (Å²) in [4.78, 5) is 10.4. The molecule has 3 heteroatoms. The molecule has 11 rings (SSSR count). The number of aromatic nitrogens is 3. The Labute approximate surface area is 270 Å². The fourth-order valence-corrected chi connectivity index (χ4v) is 7.97. The molecule has 0 saturated carbocycles. The van der Waals surface area contributed by atoms with E-state index in [4.69, 9.17) is 9.97 Å². The lowest BCUT2D eigenvalue weighted by Gasteiger charge is -2.13. The van der Waals surface area contributed by atoms with Crippen molar-refractivity contribution in [1.29, 1.82) is 0 Å². The van der Waals surface area contributed by atoms with Crippen molar-refractivity contribution in [2.75, 3.05) is 0 Å². The van der Waals surface area contributed by atoms with Crippen molar-refractivity contribution in [2.24, 2.45) is 0 Å². The first-order valence-corrected chi connectivity index (χ1v) is 16.1. The molecule has 1 aliphatic carbocycles. The van der Waals surface area contributed by atoms with Gasteiger partial charge in [-0.15, -0.1) is 0 Å². The van der Waals surface area contributed by atoms with Crippen molar-refractivity contribution >= 4 is 60.2 Å². The monoisotopic (exact) mass is 595 g/mol. The van der Waals surface area contributed by atoms with Gasteiger partial charge in [0.1, 0.15) is 5.65 Å². The smallest absolute Gasteiger partial charge is 0.147 e. The summed E-state index contributed by atoms with van der Waals surface area (Å²) < 4.78 is 2.30. The van der Waals surface area contributed by atoms with Crippen molar-refractivity contribution in [1.82, 2.24) is 14.4 Å². The topological polar surface area (TPSA) is 30.2 Å². The molecule has 0 radical (unpaired) electrons. The standard InChI is InChI=1S/C44H25N3/c1-4-16-38-29(9-1)25-37-43(45-38)36-24-27(19-22-40(36)47-41-18-6-5-17-39(41)46-44(37)47)26-10-7-11-28(23-26)30-20-21-35-32-13-3-2-12-31(32)34-15-8-14-33(30)42(34)35/h1-25H. The molecule has 47 heavy (non-hydrogen) atoms. The van der Waals surface area contributed by atoms with Crippen molar-refractivity contribution in [3.05, 3.63) is 152 Å². The summed E-state index contributed by atoms with van der Waals surface area (Å²) in [6, 6.07) is 54.9. The molecule has 0 atom stereocenters. The van der Waals surface area contributed by atoms with Crippen LogP contribution in [-0.2, 0) is 0 Å². The molecule has 3 aromatic heterocycles. The Bertz CT molecular complexity index is 2940. The maximum absolute atomic E-state index is 5.25. The van der Waals surface area contributed by atoms with E-state index in [1.807, 2.05) is 0 Å². The summed E-state index contributed by atoms with van der Waals surface area (Å²) in [6.07, 6.45) is 0. The number of hydrogen-bond acceptors (Lipinski definition) is 2. The Kier molecular flexibility index (Phi) is 4.84. The van der Waals surface area contributed by atoms with E-state index >= 15 is 0 Å². The van der Waals surface area contributed by atoms with Gasteiger partial charge in [-0.05, 0) is 97.7 Å². The predicted molar refractivity (Wildman–Crippen MR) is 196 cm³/mol. The third-order valence-electron chi connectivity index (χ3n) is 10.1. The number of hydrogen-bond donors (Lipinski definition) is 0. The number of fused-ring (bicyclic) bond motifs is 12. The highest BCUT2D eigenvalue weighted by Gasteiger charge is 2.22. The Morgan fingerprint density at radius 3 is 2.00 bits per heavy atom. The minimum atomic E-state index is 0.941. The van der Waals surface area contributed by atoms with E-state index in [-0.39, 0.29) is 0 Å². The Balaban J connectivity index is 1.15. The van der Waals surface area contributed by atoms with Crippen LogP contribution in [0.5, 0.6) is 0 Å². The minimum absolute atomic E-state index is 0.941. The van der Waals surface area contributed by atoms with Crippen LogP contribution < -0.4 is 0 Å². The van der Waals surface area contributed by atoms with E-state index < -0.39 is 0 Å². The van der Waals surface area contributed by atoms with Crippen LogP contribution in [0.1, 0.15) is 0 Å². The van der Waals surface area contributed by atoms with E-state index in [1.54, 1.807) is 0 Å². The molecule has 0 unspecified atom stereocenters. The number of rotatable bonds is 2. The zero-order valence-corrected chi connectivity index (χ0v) is 25.3. The summed E-state index contributed by atoms with van der Waals surface area (Å²) in [5.41, 5.74) is 16.2. The van der Waals surface area contributed by atoms with E-state index in [0.29, 0.717) is 0 Å². The number of pyridine rings is 2. The number of imidazole rings is 1. The van der Waals surface area contributed by atoms with Gasteiger partial charge >= 0.3 is 0 Å². The van der Waals surface area contributed by atoms with E-state index in [9.17, 15) is 0 Å². The van der Waals surface area contributed by atoms with Gasteiger partial charge in [0.15, 0.2) is 0 Å². The summed E-state index contributed by atoms with van der Waals surface area (Å²) >= 11 is 0. The van der Waals surface area contributed by atoms with Gasteiger partial charge in [0, 0.05) is 16.2 Å². The van der Waals surface area contributed by atoms with Crippen LogP contribution in [0, 0.1) is 0 Å². The number of nitrogens with zero attached hydrogens (tertiary/aromatic N) is 3. The molecule has 216 valence electrons. The third kappa shape index (κ3) is 3.40. The zero-order chi connectivity index (χ0) is 30.6. The SMILES string of the molecule is c1cc(-c2ccc3c(c2)c2nc4ccccc4cc2c2nc4ccccc4n32)cc(-c2ccc3c4c(cccc24)-c2ccccc2-3)c1. The lowest BCUT2D eigenvalue weighted by atomic mass is 9.92. The lowest BCUT2D eigenvalue weighted by Crippen LogP contribution is -1.94. The molecule has 0 aliphatic heterocycles. The molecule has 0 saturated heterocycles. The van der Waals surface area contributed by atoms with Gasteiger partial charge in [-0.25, -0.2) is 9.97 Å². The quantitative estimate of drug-likeness (QED) is 0.147. The Hall–Kier alpha value is -6.32. The first kappa shape index (κ1) is 24.9. The highest BCUT2D eigenvalue weighted by atomic mass is 15.0. The molecular formula is C44H25N3. The van der Waals surface area contributed by atoms with Crippen LogP contribution in [0.4, 0.5) is 0 Å². The predicted octanol–water partition coefficient (Wildman–Crippen LogP) is 11.5. The van der Waals surface area contributed by atoms with Crippen molar-refractivity contribution in [2.45, 2.75) is 0 Å². The average Bonchev–Trinajstić information content (AvgIpc) is 3.69. The van der Waals surface area contributed by atoms with E-state index in [0.717, 1.165) is 55.0 Å². The second kappa shape index (κ2) is 9.12. The van der Waals surface area contributed by atoms with Gasteiger partial charge in [0.05, 0.1) is 27.6 Å². The van der Waals surface area contributed by atoms with Gasteiger partial charge in [0.2, 0.25) is 0 Å². The van der Waals surface area contributed by atoms with Crippen LogP contribution >= 0.6 is 0 Å². The zero-order valence-electron chi connectivity index (χ0n) is 25.3. The molecule has 1 aliphatic rings. The molecular weight excluding hydrogens is 571 g/mol. The second-order valence-corrected chi connectivity index (χ2v) is 12.6. The molecule has 0 N–H and O–H groups in total. The van der Waals surface area contributed by atoms with Gasteiger partial charge in [-0.2, -0.15) is 0 Å². The molecule has 0 fully saturated rings. The molecule has 0 bridgehead atoms. The van der Waals surface area contributed by atoms with Gasteiger partial charge in [-0.3, -0.25) is 4.40 Å². The molecule has 0 spiro atoms. The number of benzene rings is 7. The van der Waals surface area contributed by atoms with Crippen molar-refractivity contribution < 1.29 is 0 Å². The first-order chi connectivity index (χ1) is 23.3. The molecule has 0 amide bonds. The van der Waals surface area contributed by atoms with Gasteiger partial charge in [0.25, 0.3) is 0 Å². The maximum atomic E-state index is 5.25. The Morgan fingerprint density at radius 2 is 1.09 bits per heavy atom. The Morgan fingerprint density at radius 1 is 0.383 bits per heavy atom. The van der Waals surface area contributed by atoms with Gasteiger partial charge < -0.3 is 0 Å². The van der Waals surface area contributed by atoms with Crippen LogP contribution in [0.15, 0.2) is 152 Å². The van der Waals surface area contributed by atoms with Crippen LogP contribution in [-0.4, -0.2) is 14.4 Å². The second-order valence-electron chi connectivity index (χ2n) is 12.6. The van der Waals surface area contributed by atoms with E-state index in [2.05, 4.69) is 156 Å². The minimum Gasteiger partial charge on any atom is -0.292 e. The number of para-hydroxylation sites is 3. The van der Waals surface area contributed by atoms with Crippen molar-refractivity contribution in [3.63, 3.8) is 0 Å². The van der Waals surface area contributed by atoms with Crippen molar-refractivity contribution in [3.8, 4) is 44.5 Å². The van der Waals surface area contributed by atoms with Crippen LogP contribution in [0.3, 0.4) is 0 Å². The summed E-state index contributed by atoms with van der Waals surface area (Å²) in [6.45, 7) is 0. The molecule has 10 aromatic rings. The summed E-state index contributed by atoms with van der Waals surface area (Å²) in [5, 5.41) is 5.94. The highest BCUT2D eigenvalue weighted by Crippen LogP contribution is 2.49. The normalized spacial score (nSPS) is 12.3. The summed E-state index contributed by atoms with van der Waals surface area (Å²) in [7, 11) is 0. The largest absolute Gasteiger partial charge is 0.292 e. The molecule has 3 heterocycles. The molecule has 7 aromatic carbocycles. The third-order valence-corrected chi connectivity index (χ3v) is 10.1. The lowest BCUT2D eigenvalue weighted by molar-refractivity contribution is 1.31. The average molecular weight is 596 g/mol. The highest BCUT2D eigenvalue weighted by molar-refractivity contribution is 6.19. The van der Waals surface area contributed by atoms with E-state index in [1.165, 1.54) is 49.7 Å². The maximum Gasteiger partial charge on any atom is 0.147 e. The summed E-state index contributed by atoms with van der Waals surface area (Å²) in [5.74, 6) is 0. The fourth-order valence-electron chi connectivity index (χ4n) is 7.97. The first-order valence-electron chi connectivity index (χ1n) is 16.1. The molecule has 3 nitrogen and oxygen atoms in total. The van der Waals surface area contributed by atoms with Crippen LogP contribution in [0.25, 0.3) is 105 Å². The van der Waals surface area contributed by atoms with Crippen LogP contribution in [0.2, 0.25) is 0 Å².